The number of guanidine groups is 1. The summed E-state index contributed by atoms with van der Waals surface area (Å²) in [5.74, 6) is 1.32. The first-order chi connectivity index (χ1) is 12.5. The predicted molar refractivity (Wildman–Crippen MR) is 105 cm³/mol. The topological polar surface area (TPSA) is 85.0 Å². The molecule has 0 spiro atoms. The van der Waals surface area contributed by atoms with Gasteiger partial charge in [0.2, 0.25) is 5.88 Å². The molecule has 1 aliphatic heterocycles. The van der Waals surface area contributed by atoms with Crippen LogP contribution in [0.15, 0.2) is 17.3 Å². The molecule has 0 atom stereocenters. The molecule has 26 heavy (non-hydrogen) atoms. The van der Waals surface area contributed by atoms with Crippen molar-refractivity contribution in [3.63, 3.8) is 0 Å². The van der Waals surface area contributed by atoms with Gasteiger partial charge < -0.3 is 20.5 Å². The number of pyridine rings is 1. The molecular formula is C18H30ClN5O2. The second-order valence-corrected chi connectivity index (χ2v) is 7.18. The third-order valence-electron chi connectivity index (χ3n) is 3.91. The Morgan fingerprint density at radius 1 is 1.46 bits per heavy atom. The van der Waals surface area contributed by atoms with Crippen molar-refractivity contribution in [2.24, 2.45) is 16.6 Å². The number of nitrogens with two attached hydrogens (primary N) is 1. The van der Waals surface area contributed by atoms with Crippen LogP contribution in [0.1, 0.15) is 25.8 Å². The third kappa shape index (κ3) is 7.76. The molecule has 1 aliphatic rings. The minimum Gasteiger partial charge on any atom is -0.476 e. The summed E-state index contributed by atoms with van der Waals surface area (Å²) >= 11 is 6.21. The molecule has 0 radical (unpaired) electrons. The molecule has 0 aromatic carbocycles. The number of nitrogens with zero attached hydrogens (tertiary/aromatic N) is 3. The molecule has 0 unspecified atom stereocenters. The van der Waals surface area contributed by atoms with E-state index in [1.165, 1.54) is 0 Å². The highest BCUT2D eigenvalue weighted by Gasteiger charge is 2.09. The second-order valence-electron chi connectivity index (χ2n) is 6.77. The van der Waals surface area contributed by atoms with Crippen molar-refractivity contribution < 1.29 is 9.47 Å². The van der Waals surface area contributed by atoms with E-state index in [-0.39, 0.29) is 0 Å². The number of aromatic nitrogens is 1. The molecule has 0 amide bonds. The van der Waals surface area contributed by atoms with Gasteiger partial charge in [0.25, 0.3) is 0 Å². The predicted octanol–water partition coefficient (Wildman–Crippen LogP) is 1.90. The Balaban J connectivity index is 1.69. The molecule has 1 saturated heterocycles. The van der Waals surface area contributed by atoms with Crippen LogP contribution in [0.4, 0.5) is 0 Å². The second kappa shape index (κ2) is 11.2. The Kier molecular flexibility index (Phi) is 8.94. The van der Waals surface area contributed by atoms with Crippen molar-refractivity contribution >= 4 is 17.6 Å². The zero-order valence-corrected chi connectivity index (χ0v) is 16.5. The molecule has 0 aliphatic carbocycles. The average molecular weight is 384 g/mol. The molecule has 1 aromatic rings. The van der Waals surface area contributed by atoms with E-state index in [9.17, 15) is 0 Å². The van der Waals surface area contributed by atoms with Gasteiger partial charge in [0.05, 0.1) is 26.4 Å². The maximum Gasteiger partial charge on any atom is 0.232 e. The van der Waals surface area contributed by atoms with Crippen LogP contribution in [-0.2, 0) is 11.3 Å². The summed E-state index contributed by atoms with van der Waals surface area (Å²) < 4.78 is 10.9. The van der Waals surface area contributed by atoms with Gasteiger partial charge in [0.1, 0.15) is 5.02 Å². The van der Waals surface area contributed by atoms with Crippen LogP contribution < -0.4 is 15.8 Å². The number of ether oxygens (including phenoxy) is 2. The highest BCUT2D eigenvalue weighted by molar-refractivity contribution is 6.31. The SMILES string of the molecule is CC(C)COc1ncc(CN=C(N)NCCCN2CCOCC2)cc1Cl. The van der Waals surface area contributed by atoms with Crippen LogP contribution in [0.5, 0.6) is 5.88 Å². The largest absolute Gasteiger partial charge is 0.476 e. The first-order valence-electron chi connectivity index (χ1n) is 9.15. The maximum atomic E-state index is 6.21. The van der Waals surface area contributed by atoms with Crippen molar-refractivity contribution in [3.8, 4) is 5.88 Å². The van der Waals surface area contributed by atoms with Gasteiger partial charge >= 0.3 is 0 Å². The normalized spacial score (nSPS) is 16.1. The van der Waals surface area contributed by atoms with Gasteiger partial charge in [-0.25, -0.2) is 9.98 Å². The van der Waals surface area contributed by atoms with E-state index in [2.05, 4.69) is 34.0 Å². The highest BCUT2D eigenvalue weighted by Crippen LogP contribution is 2.23. The van der Waals surface area contributed by atoms with Crippen LogP contribution in [-0.4, -0.2) is 61.8 Å². The summed E-state index contributed by atoms with van der Waals surface area (Å²) in [5.41, 5.74) is 6.81. The van der Waals surface area contributed by atoms with Crippen LogP contribution >= 0.6 is 11.6 Å². The molecular weight excluding hydrogens is 354 g/mol. The van der Waals surface area contributed by atoms with E-state index in [1.807, 2.05) is 6.07 Å². The zero-order valence-electron chi connectivity index (χ0n) is 15.7. The van der Waals surface area contributed by atoms with Gasteiger partial charge in [-0.05, 0) is 30.5 Å². The van der Waals surface area contributed by atoms with Crippen molar-refractivity contribution in [1.82, 2.24) is 15.2 Å². The lowest BCUT2D eigenvalue weighted by Gasteiger charge is -2.26. The van der Waals surface area contributed by atoms with Gasteiger partial charge in [-0.2, -0.15) is 0 Å². The molecule has 3 N–H and O–H groups in total. The highest BCUT2D eigenvalue weighted by atomic mass is 35.5. The summed E-state index contributed by atoms with van der Waals surface area (Å²) in [6.07, 6.45) is 2.74. The molecule has 146 valence electrons. The van der Waals surface area contributed by atoms with E-state index in [4.69, 9.17) is 26.8 Å². The summed E-state index contributed by atoms with van der Waals surface area (Å²) in [6.45, 7) is 10.7. The van der Waals surface area contributed by atoms with E-state index >= 15 is 0 Å². The zero-order chi connectivity index (χ0) is 18.8. The van der Waals surface area contributed by atoms with E-state index in [0.717, 1.165) is 51.4 Å². The third-order valence-corrected chi connectivity index (χ3v) is 4.18. The standard InChI is InChI=1S/C18H30ClN5O2/c1-14(2)13-26-17-16(19)10-15(11-22-17)12-23-18(20)21-4-3-5-24-6-8-25-9-7-24/h10-11,14H,3-9,12-13H2,1-2H3,(H3,20,21,23). The molecule has 1 fully saturated rings. The average Bonchev–Trinajstić information content (AvgIpc) is 2.63. The quantitative estimate of drug-likeness (QED) is 0.385. The Bertz CT molecular complexity index is 577. The molecule has 0 bridgehead atoms. The van der Waals surface area contributed by atoms with Crippen molar-refractivity contribution in [2.45, 2.75) is 26.8 Å². The molecule has 0 saturated carbocycles. The lowest BCUT2D eigenvalue weighted by Crippen LogP contribution is -2.39. The first kappa shape index (κ1) is 20.7. The number of hydrogen-bond donors (Lipinski definition) is 2. The van der Waals surface area contributed by atoms with Crippen molar-refractivity contribution in [3.05, 3.63) is 22.8 Å². The van der Waals surface area contributed by atoms with Crippen LogP contribution in [0.3, 0.4) is 0 Å². The van der Waals surface area contributed by atoms with Gasteiger partial charge in [0.15, 0.2) is 5.96 Å². The monoisotopic (exact) mass is 383 g/mol. The number of nitrogens with one attached hydrogen (secondary N) is 1. The van der Waals surface area contributed by atoms with Gasteiger partial charge in [-0.15, -0.1) is 0 Å². The Morgan fingerprint density at radius 3 is 2.92 bits per heavy atom. The fourth-order valence-corrected chi connectivity index (χ4v) is 2.72. The molecule has 2 rings (SSSR count). The molecule has 7 nitrogen and oxygen atoms in total. The smallest absolute Gasteiger partial charge is 0.232 e. The van der Waals surface area contributed by atoms with Crippen LogP contribution in [0, 0.1) is 5.92 Å². The first-order valence-corrected chi connectivity index (χ1v) is 9.53. The Hall–Kier alpha value is -1.57. The minimum absolute atomic E-state index is 0.422. The fourth-order valence-electron chi connectivity index (χ4n) is 2.48. The number of halogens is 1. The summed E-state index contributed by atoms with van der Waals surface area (Å²) in [4.78, 5) is 11.0. The number of morpholine rings is 1. The summed E-state index contributed by atoms with van der Waals surface area (Å²) in [6, 6.07) is 1.82. The number of hydrogen-bond acceptors (Lipinski definition) is 5. The number of aliphatic imine (C=N–C) groups is 1. The maximum absolute atomic E-state index is 6.21. The van der Waals surface area contributed by atoms with Crippen LogP contribution in [0.2, 0.25) is 5.02 Å². The summed E-state index contributed by atoms with van der Waals surface area (Å²) in [7, 11) is 0. The summed E-state index contributed by atoms with van der Waals surface area (Å²) in [5, 5.41) is 3.64. The molecule has 2 heterocycles. The number of rotatable bonds is 9. The fraction of sp³-hybridized carbons (Fsp3) is 0.667. The molecule has 1 aromatic heterocycles. The van der Waals surface area contributed by atoms with Gasteiger partial charge in [-0.1, -0.05) is 25.4 Å². The minimum atomic E-state index is 0.422. The van der Waals surface area contributed by atoms with E-state index in [0.29, 0.717) is 35.9 Å². The van der Waals surface area contributed by atoms with E-state index in [1.54, 1.807) is 6.20 Å². The Morgan fingerprint density at radius 2 is 2.23 bits per heavy atom. The van der Waals surface area contributed by atoms with Gasteiger partial charge in [0, 0.05) is 25.8 Å². The molecule has 8 heteroatoms. The van der Waals surface area contributed by atoms with Crippen molar-refractivity contribution in [2.75, 3.05) is 46.0 Å². The van der Waals surface area contributed by atoms with Crippen molar-refractivity contribution in [1.29, 1.82) is 0 Å². The van der Waals surface area contributed by atoms with Gasteiger partial charge in [-0.3, -0.25) is 4.90 Å². The van der Waals surface area contributed by atoms with Crippen LogP contribution in [0.25, 0.3) is 0 Å². The lowest BCUT2D eigenvalue weighted by molar-refractivity contribution is 0.0376. The Labute approximate surface area is 160 Å². The lowest BCUT2D eigenvalue weighted by atomic mass is 10.2. The van der Waals surface area contributed by atoms with E-state index < -0.39 is 0 Å².